The Morgan fingerprint density at radius 3 is 2.68 bits per heavy atom. The Morgan fingerprint density at radius 2 is 1.96 bits per heavy atom. The van der Waals surface area contributed by atoms with Crippen molar-refractivity contribution < 1.29 is 9.64 Å². The van der Waals surface area contributed by atoms with Gasteiger partial charge in [-0.05, 0) is 31.5 Å². The van der Waals surface area contributed by atoms with Crippen LogP contribution in [0.4, 0.5) is 5.82 Å². The molecule has 0 radical (unpaired) electrons. The Hall–Kier alpha value is -2.18. The summed E-state index contributed by atoms with van der Waals surface area (Å²) < 4.78 is 5.56. The zero-order valence-corrected chi connectivity index (χ0v) is 16.2. The van der Waals surface area contributed by atoms with Crippen molar-refractivity contribution in [2.24, 2.45) is 0 Å². The summed E-state index contributed by atoms with van der Waals surface area (Å²) in [6, 6.07) is 8.46. The highest BCUT2D eigenvalue weighted by Gasteiger charge is 2.22. The average Bonchev–Trinajstić information content (AvgIpc) is 2.90. The number of likely N-dealkylation sites (N-methyl/N-ethyl adjacent to an activating group) is 1. The van der Waals surface area contributed by atoms with E-state index in [1.54, 1.807) is 24.8 Å². The van der Waals surface area contributed by atoms with Gasteiger partial charge in [-0.1, -0.05) is 12.1 Å². The van der Waals surface area contributed by atoms with Gasteiger partial charge in [0, 0.05) is 4.88 Å². The lowest BCUT2D eigenvalue weighted by atomic mass is 10.0. The second-order valence-corrected chi connectivity index (χ2v) is 7.64. The molecule has 5 nitrogen and oxygen atoms in total. The van der Waals surface area contributed by atoms with Crippen LogP contribution >= 0.6 is 11.3 Å². The van der Waals surface area contributed by atoms with Crippen LogP contribution in [-0.4, -0.2) is 37.7 Å². The van der Waals surface area contributed by atoms with Crippen molar-refractivity contribution in [1.82, 2.24) is 9.97 Å². The molecular weight excluding hydrogens is 332 g/mol. The van der Waals surface area contributed by atoms with Crippen molar-refractivity contribution in [3.63, 3.8) is 0 Å². The summed E-state index contributed by atoms with van der Waals surface area (Å²) in [5.74, 6) is 1.83. The summed E-state index contributed by atoms with van der Waals surface area (Å²) in [5.41, 5.74) is 2.45. The summed E-state index contributed by atoms with van der Waals surface area (Å²) in [6.45, 7) is 5.04. The van der Waals surface area contributed by atoms with E-state index in [0.717, 1.165) is 28.3 Å². The van der Waals surface area contributed by atoms with Gasteiger partial charge in [-0.3, -0.25) is 0 Å². The third kappa shape index (κ3) is 3.45. The quantitative estimate of drug-likeness (QED) is 0.712. The fourth-order valence-electron chi connectivity index (χ4n) is 3.09. The van der Waals surface area contributed by atoms with E-state index in [-0.39, 0.29) is 6.04 Å². The molecule has 2 aromatic heterocycles. The molecule has 0 aliphatic rings. The number of methoxy groups -OCH3 is 1. The Morgan fingerprint density at radius 1 is 1.20 bits per heavy atom. The fourth-order valence-corrected chi connectivity index (χ4v) is 4.09. The van der Waals surface area contributed by atoms with Crippen LogP contribution < -0.4 is 15.0 Å². The molecule has 0 unspecified atom stereocenters. The minimum absolute atomic E-state index is 0.251. The van der Waals surface area contributed by atoms with Crippen molar-refractivity contribution in [1.29, 1.82) is 0 Å². The number of aryl methyl sites for hydroxylation is 2. The predicted octanol–water partition coefficient (Wildman–Crippen LogP) is 2.61. The number of hydrogen-bond acceptors (Lipinski definition) is 5. The summed E-state index contributed by atoms with van der Waals surface area (Å²) in [7, 11) is 6.04. The molecule has 3 rings (SSSR count). The van der Waals surface area contributed by atoms with E-state index in [0.29, 0.717) is 0 Å². The molecule has 132 valence electrons. The molecule has 1 atom stereocenters. The number of rotatable bonds is 6. The van der Waals surface area contributed by atoms with Crippen LogP contribution in [0.5, 0.6) is 5.75 Å². The number of anilines is 1. The lowest BCUT2D eigenvalue weighted by molar-refractivity contribution is -0.890. The molecule has 1 aromatic carbocycles. The van der Waals surface area contributed by atoms with Crippen LogP contribution in [0.3, 0.4) is 0 Å². The second-order valence-electron chi connectivity index (χ2n) is 6.44. The molecule has 0 aliphatic carbocycles. The summed E-state index contributed by atoms with van der Waals surface area (Å²) in [4.78, 5) is 12.6. The Bertz CT molecular complexity index is 875. The molecule has 0 saturated heterocycles. The first-order valence-corrected chi connectivity index (χ1v) is 9.22. The lowest BCUT2D eigenvalue weighted by Crippen LogP contribution is -3.06. The first-order chi connectivity index (χ1) is 12.0. The topological polar surface area (TPSA) is 51.5 Å². The molecule has 0 fully saturated rings. The minimum Gasteiger partial charge on any atom is -0.496 e. The number of thiophene rings is 1. The van der Waals surface area contributed by atoms with Gasteiger partial charge in [0.15, 0.2) is 0 Å². The van der Waals surface area contributed by atoms with Crippen molar-refractivity contribution >= 4 is 27.4 Å². The molecule has 25 heavy (non-hydrogen) atoms. The van der Waals surface area contributed by atoms with Crippen molar-refractivity contribution in [3.8, 4) is 5.75 Å². The van der Waals surface area contributed by atoms with Crippen LogP contribution in [0.25, 0.3) is 10.2 Å². The standard InChI is InChI=1S/C19H24N4OS/c1-12-13(2)25-19-17(12)18(21-11-22-19)20-10-15(23(3)4)14-8-6-7-9-16(14)24-5/h6-9,11,15H,10H2,1-5H3,(H,20,21,22)/p+1/t15-/m0/s1. The summed E-state index contributed by atoms with van der Waals surface area (Å²) in [6.07, 6.45) is 1.64. The first kappa shape index (κ1) is 17.6. The molecule has 0 aliphatic heterocycles. The van der Waals surface area contributed by atoms with E-state index in [4.69, 9.17) is 4.74 Å². The number of hydrogen-bond donors (Lipinski definition) is 2. The fraction of sp³-hybridized carbons (Fsp3) is 0.368. The van der Waals surface area contributed by atoms with Gasteiger partial charge in [0.25, 0.3) is 0 Å². The SMILES string of the molecule is COc1ccccc1[C@H](CNc1ncnc2sc(C)c(C)c12)[NH+](C)C. The smallest absolute Gasteiger partial charge is 0.138 e. The highest BCUT2D eigenvalue weighted by molar-refractivity contribution is 7.18. The Balaban J connectivity index is 1.90. The molecule has 0 bridgehead atoms. The van der Waals surface area contributed by atoms with Gasteiger partial charge in [0.1, 0.15) is 28.8 Å². The highest BCUT2D eigenvalue weighted by Crippen LogP contribution is 2.32. The van der Waals surface area contributed by atoms with Crippen molar-refractivity contribution in [2.45, 2.75) is 19.9 Å². The van der Waals surface area contributed by atoms with Crippen LogP contribution in [0.15, 0.2) is 30.6 Å². The average molecular weight is 358 g/mol. The van der Waals surface area contributed by atoms with Crippen molar-refractivity contribution in [3.05, 3.63) is 46.6 Å². The zero-order chi connectivity index (χ0) is 18.0. The number of nitrogens with one attached hydrogen (secondary N) is 2. The number of aromatic nitrogens is 2. The van der Waals surface area contributed by atoms with Crippen LogP contribution in [-0.2, 0) is 0 Å². The number of fused-ring (bicyclic) bond motifs is 1. The normalized spacial score (nSPS) is 12.6. The van der Waals surface area contributed by atoms with E-state index < -0.39 is 0 Å². The summed E-state index contributed by atoms with van der Waals surface area (Å²) >= 11 is 1.72. The maximum atomic E-state index is 5.56. The summed E-state index contributed by atoms with van der Waals surface area (Å²) in [5, 5.41) is 4.69. The Labute approximate surface area is 152 Å². The number of quaternary nitrogens is 1. The van der Waals surface area contributed by atoms with Gasteiger partial charge < -0.3 is 15.0 Å². The zero-order valence-electron chi connectivity index (χ0n) is 15.4. The number of benzene rings is 1. The van der Waals surface area contributed by atoms with Gasteiger partial charge in [0.05, 0.1) is 38.7 Å². The second kappa shape index (κ2) is 7.37. The molecule has 0 spiro atoms. The van der Waals surface area contributed by atoms with Gasteiger partial charge in [0.2, 0.25) is 0 Å². The van der Waals surface area contributed by atoms with E-state index in [1.807, 2.05) is 12.1 Å². The maximum Gasteiger partial charge on any atom is 0.138 e. The largest absolute Gasteiger partial charge is 0.496 e. The first-order valence-electron chi connectivity index (χ1n) is 8.40. The van der Waals surface area contributed by atoms with Gasteiger partial charge in [-0.15, -0.1) is 11.3 Å². The van der Waals surface area contributed by atoms with E-state index in [9.17, 15) is 0 Å². The molecule has 2 N–H and O–H groups in total. The monoisotopic (exact) mass is 357 g/mol. The molecule has 6 heteroatoms. The van der Waals surface area contributed by atoms with Gasteiger partial charge in [-0.2, -0.15) is 0 Å². The molecule has 0 saturated carbocycles. The third-order valence-corrected chi connectivity index (χ3v) is 5.77. The highest BCUT2D eigenvalue weighted by atomic mass is 32.1. The number of ether oxygens (including phenoxy) is 1. The Kier molecular flexibility index (Phi) is 5.20. The minimum atomic E-state index is 0.251. The van der Waals surface area contributed by atoms with E-state index in [2.05, 4.69) is 55.4 Å². The third-order valence-electron chi connectivity index (χ3n) is 4.65. The molecule has 3 aromatic rings. The van der Waals surface area contributed by atoms with Crippen molar-refractivity contribution in [2.75, 3.05) is 33.1 Å². The number of nitrogens with zero attached hydrogens (tertiary/aromatic N) is 2. The molecular formula is C19H25N4OS+. The van der Waals surface area contributed by atoms with Crippen LogP contribution in [0.2, 0.25) is 0 Å². The number of para-hydroxylation sites is 1. The molecule has 2 heterocycles. The molecule has 0 amide bonds. The van der Waals surface area contributed by atoms with E-state index >= 15 is 0 Å². The van der Waals surface area contributed by atoms with Gasteiger partial charge in [-0.25, -0.2) is 9.97 Å². The predicted molar refractivity (Wildman–Crippen MR) is 104 cm³/mol. The maximum absolute atomic E-state index is 5.56. The van der Waals surface area contributed by atoms with Crippen LogP contribution in [0, 0.1) is 13.8 Å². The van der Waals surface area contributed by atoms with Crippen LogP contribution in [0.1, 0.15) is 22.0 Å². The van der Waals surface area contributed by atoms with Gasteiger partial charge >= 0.3 is 0 Å². The van der Waals surface area contributed by atoms with E-state index in [1.165, 1.54) is 20.9 Å². The lowest BCUT2D eigenvalue weighted by Gasteiger charge is -2.24.